The van der Waals surface area contributed by atoms with Crippen molar-refractivity contribution in [2.45, 2.75) is 33.2 Å². The highest BCUT2D eigenvalue weighted by atomic mass is 35.5. The van der Waals surface area contributed by atoms with Crippen molar-refractivity contribution in [2.75, 3.05) is 5.32 Å². The lowest BCUT2D eigenvalue weighted by atomic mass is 9.94. The van der Waals surface area contributed by atoms with Crippen LogP contribution in [-0.2, 0) is 11.2 Å². The molecule has 2 rings (SSSR count). The summed E-state index contributed by atoms with van der Waals surface area (Å²) < 4.78 is 5.12. The summed E-state index contributed by atoms with van der Waals surface area (Å²) in [5.41, 5.74) is 8.53. The Kier molecular flexibility index (Phi) is 6.59. The topological polar surface area (TPSA) is 81.2 Å². The molecule has 2 aromatic rings. The molecule has 2 atom stereocenters. The van der Waals surface area contributed by atoms with Crippen molar-refractivity contribution >= 4 is 24.0 Å². The predicted octanol–water partition coefficient (Wildman–Crippen LogP) is 3.24. The Morgan fingerprint density at radius 3 is 2.59 bits per heavy atom. The number of carbonyl (C=O) groups excluding carboxylic acids is 1. The highest BCUT2D eigenvalue weighted by Crippen LogP contribution is 2.24. The van der Waals surface area contributed by atoms with Crippen molar-refractivity contribution in [3.8, 4) is 0 Å². The number of hydrogen-bond donors (Lipinski definition) is 2. The zero-order valence-corrected chi connectivity index (χ0v) is 13.8. The number of aromatic nitrogens is 1. The number of nitrogens with two attached hydrogens (primary N) is 1. The van der Waals surface area contributed by atoms with Gasteiger partial charge in [-0.15, -0.1) is 12.4 Å². The fraction of sp³-hybridized carbons (Fsp3) is 0.375. The largest absolute Gasteiger partial charge is 0.359 e. The van der Waals surface area contributed by atoms with Crippen LogP contribution in [0.2, 0.25) is 0 Å². The Balaban J connectivity index is 0.00000242. The summed E-state index contributed by atoms with van der Waals surface area (Å²) in [6.45, 7) is 5.57. The van der Waals surface area contributed by atoms with E-state index in [0.717, 1.165) is 11.3 Å². The maximum atomic E-state index is 12.4. The number of nitrogens with zero attached hydrogens (tertiary/aromatic N) is 1. The van der Waals surface area contributed by atoms with Crippen LogP contribution >= 0.6 is 12.4 Å². The van der Waals surface area contributed by atoms with Crippen LogP contribution in [0.5, 0.6) is 0 Å². The number of anilines is 1. The van der Waals surface area contributed by atoms with Gasteiger partial charge in [-0.2, -0.15) is 0 Å². The van der Waals surface area contributed by atoms with Crippen molar-refractivity contribution in [1.29, 1.82) is 0 Å². The Labute approximate surface area is 136 Å². The molecule has 0 spiro atoms. The summed E-state index contributed by atoms with van der Waals surface area (Å²) >= 11 is 0. The van der Waals surface area contributed by atoms with E-state index in [9.17, 15) is 4.79 Å². The van der Waals surface area contributed by atoms with E-state index in [4.69, 9.17) is 10.3 Å². The molecular weight excluding hydrogens is 302 g/mol. The van der Waals surface area contributed by atoms with Gasteiger partial charge in [0.15, 0.2) is 5.76 Å². The zero-order chi connectivity index (χ0) is 15.4. The standard InChI is InChI=1S/C16H21N3O2.ClH/c1-4-13-15(11(3)21-19-13)18-16(20)10(2)14(17)12-8-6-5-7-9-12;/h5-10,14H,4,17H2,1-3H3,(H,18,20);1H. The third kappa shape index (κ3) is 3.87. The van der Waals surface area contributed by atoms with Crippen LogP contribution in [0.3, 0.4) is 0 Å². The fourth-order valence-corrected chi connectivity index (χ4v) is 2.18. The Hall–Kier alpha value is -1.85. The summed E-state index contributed by atoms with van der Waals surface area (Å²) in [7, 11) is 0. The summed E-state index contributed by atoms with van der Waals surface area (Å²) in [6.07, 6.45) is 0.700. The lowest BCUT2D eigenvalue weighted by molar-refractivity contribution is -0.120. The van der Waals surface area contributed by atoms with Crippen molar-refractivity contribution in [2.24, 2.45) is 11.7 Å². The zero-order valence-electron chi connectivity index (χ0n) is 13.0. The molecular formula is C16H22ClN3O2. The maximum Gasteiger partial charge on any atom is 0.229 e. The number of benzene rings is 1. The Bertz CT molecular complexity index is 613. The number of nitrogens with one attached hydrogen (secondary N) is 1. The molecule has 0 aliphatic carbocycles. The highest BCUT2D eigenvalue weighted by Gasteiger charge is 2.24. The average molecular weight is 324 g/mol. The van der Waals surface area contributed by atoms with Crippen molar-refractivity contribution in [3.05, 3.63) is 47.3 Å². The van der Waals surface area contributed by atoms with E-state index in [1.165, 1.54) is 0 Å². The first-order valence-electron chi connectivity index (χ1n) is 7.11. The molecule has 0 radical (unpaired) electrons. The van der Waals surface area contributed by atoms with Crippen LogP contribution < -0.4 is 11.1 Å². The second-order valence-corrected chi connectivity index (χ2v) is 5.13. The molecule has 1 aromatic carbocycles. The number of hydrogen-bond acceptors (Lipinski definition) is 4. The number of halogens is 1. The molecule has 3 N–H and O–H groups in total. The van der Waals surface area contributed by atoms with E-state index < -0.39 is 0 Å². The van der Waals surface area contributed by atoms with E-state index in [-0.39, 0.29) is 30.3 Å². The molecule has 0 aliphatic heterocycles. The monoisotopic (exact) mass is 323 g/mol. The van der Waals surface area contributed by atoms with Gasteiger partial charge in [-0.3, -0.25) is 4.79 Å². The van der Waals surface area contributed by atoms with Gasteiger partial charge in [0, 0.05) is 6.04 Å². The van der Waals surface area contributed by atoms with Gasteiger partial charge in [-0.1, -0.05) is 49.3 Å². The van der Waals surface area contributed by atoms with E-state index in [0.29, 0.717) is 17.9 Å². The third-order valence-electron chi connectivity index (χ3n) is 3.65. The molecule has 1 amide bonds. The van der Waals surface area contributed by atoms with Crippen molar-refractivity contribution < 1.29 is 9.32 Å². The van der Waals surface area contributed by atoms with Gasteiger partial charge in [0.1, 0.15) is 11.4 Å². The molecule has 5 nitrogen and oxygen atoms in total. The maximum absolute atomic E-state index is 12.4. The summed E-state index contributed by atoms with van der Waals surface area (Å²) in [6, 6.07) is 9.26. The third-order valence-corrected chi connectivity index (χ3v) is 3.65. The van der Waals surface area contributed by atoms with Gasteiger partial charge >= 0.3 is 0 Å². The van der Waals surface area contributed by atoms with E-state index >= 15 is 0 Å². The highest BCUT2D eigenvalue weighted by molar-refractivity contribution is 5.93. The van der Waals surface area contributed by atoms with Gasteiger partial charge in [0.05, 0.1) is 5.92 Å². The minimum atomic E-state index is -0.355. The second-order valence-electron chi connectivity index (χ2n) is 5.13. The van der Waals surface area contributed by atoms with Crippen molar-refractivity contribution in [3.63, 3.8) is 0 Å². The van der Waals surface area contributed by atoms with E-state index in [1.54, 1.807) is 6.92 Å². The molecule has 6 heteroatoms. The van der Waals surface area contributed by atoms with Gasteiger partial charge in [0.25, 0.3) is 0 Å². The normalized spacial score (nSPS) is 13.1. The first-order chi connectivity index (χ1) is 10.0. The minimum absolute atomic E-state index is 0. The molecule has 0 bridgehead atoms. The van der Waals surface area contributed by atoms with Gasteiger partial charge < -0.3 is 15.6 Å². The van der Waals surface area contributed by atoms with Crippen LogP contribution in [0.4, 0.5) is 5.69 Å². The van der Waals surface area contributed by atoms with Gasteiger partial charge in [-0.05, 0) is 18.9 Å². The number of aryl methyl sites for hydroxylation is 2. The van der Waals surface area contributed by atoms with Crippen LogP contribution in [0.1, 0.15) is 36.9 Å². The fourth-order valence-electron chi connectivity index (χ4n) is 2.18. The second kappa shape index (κ2) is 7.96. The molecule has 0 aliphatic rings. The number of carbonyl (C=O) groups is 1. The van der Waals surface area contributed by atoms with Crippen LogP contribution in [0.15, 0.2) is 34.9 Å². The molecule has 120 valence electrons. The number of rotatable bonds is 5. The molecule has 2 unspecified atom stereocenters. The van der Waals surface area contributed by atoms with Gasteiger partial charge in [-0.25, -0.2) is 0 Å². The average Bonchev–Trinajstić information content (AvgIpc) is 2.87. The van der Waals surface area contributed by atoms with Crippen LogP contribution in [-0.4, -0.2) is 11.1 Å². The molecule has 22 heavy (non-hydrogen) atoms. The minimum Gasteiger partial charge on any atom is -0.359 e. The summed E-state index contributed by atoms with van der Waals surface area (Å²) in [5.74, 6) is 0.124. The lowest BCUT2D eigenvalue weighted by Gasteiger charge is -2.19. The molecule has 0 saturated heterocycles. The Morgan fingerprint density at radius 2 is 2.00 bits per heavy atom. The first kappa shape index (κ1) is 18.2. The first-order valence-corrected chi connectivity index (χ1v) is 7.11. The van der Waals surface area contributed by atoms with E-state index in [2.05, 4.69) is 10.5 Å². The summed E-state index contributed by atoms with van der Waals surface area (Å²) in [5, 5.41) is 6.81. The van der Waals surface area contributed by atoms with Crippen LogP contribution in [0, 0.1) is 12.8 Å². The SMILES string of the molecule is CCc1noc(C)c1NC(=O)C(C)C(N)c1ccccc1.Cl. The van der Waals surface area contributed by atoms with Gasteiger partial charge in [0.2, 0.25) is 5.91 Å². The van der Waals surface area contributed by atoms with Crippen molar-refractivity contribution in [1.82, 2.24) is 5.16 Å². The molecule has 1 aromatic heterocycles. The quantitative estimate of drug-likeness (QED) is 0.885. The number of amides is 1. The lowest BCUT2D eigenvalue weighted by Crippen LogP contribution is -2.30. The predicted molar refractivity (Wildman–Crippen MR) is 89.0 cm³/mol. The smallest absolute Gasteiger partial charge is 0.229 e. The molecule has 0 fully saturated rings. The van der Waals surface area contributed by atoms with E-state index in [1.807, 2.05) is 44.2 Å². The summed E-state index contributed by atoms with van der Waals surface area (Å²) in [4.78, 5) is 12.4. The van der Waals surface area contributed by atoms with Crippen LogP contribution in [0.25, 0.3) is 0 Å². The Morgan fingerprint density at radius 1 is 1.36 bits per heavy atom. The molecule has 0 saturated carbocycles. The molecule has 1 heterocycles.